The van der Waals surface area contributed by atoms with Gasteiger partial charge in [-0.2, -0.15) is 0 Å². The summed E-state index contributed by atoms with van der Waals surface area (Å²) in [5.74, 6) is 0.674. The maximum atomic E-state index is 12.7. The summed E-state index contributed by atoms with van der Waals surface area (Å²) in [6, 6.07) is 7.78. The monoisotopic (exact) mass is 348 g/mol. The Kier molecular flexibility index (Phi) is 4.60. The zero-order valence-electron chi connectivity index (χ0n) is 14.6. The Morgan fingerprint density at radius 1 is 1.04 bits per heavy atom. The Hall–Kier alpha value is -1.55. The second-order valence-electron chi connectivity index (χ2n) is 7.84. The molecule has 1 aromatic rings. The van der Waals surface area contributed by atoms with Gasteiger partial charge < -0.3 is 9.80 Å². The van der Waals surface area contributed by atoms with Crippen molar-refractivity contribution in [1.82, 2.24) is 9.80 Å². The number of benzene rings is 1. The highest BCUT2D eigenvalue weighted by Crippen LogP contribution is 2.50. The smallest absolute Gasteiger partial charge is 0.228 e. The third-order valence-corrected chi connectivity index (χ3v) is 5.28. The van der Waals surface area contributed by atoms with E-state index in [2.05, 4.69) is 0 Å². The zero-order chi connectivity index (χ0) is 17.5. The van der Waals surface area contributed by atoms with E-state index in [9.17, 15) is 9.59 Å². The highest BCUT2D eigenvalue weighted by Gasteiger charge is 2.47. The van der Waals surface area contributed by atoms with Crippen LogP contribution in [0, 0.1) is 11.3 Å². The number of amides is 2. The molecular formula is C19H25ClN2O2. The van der Waals surface area contributed by atoms with E-state index in [4.69, 9.17) is 11.6 Å². The number of rotatable bonds is 2. The van der Waals surface area contributed by atoms with Crippen LogP contribution in [0.5, 0.6) is 0 Å². The topological polar surface area (TPSA) is 40.6 Å². The van der Waals surface area contributed by atoms with Crippen LogP contribution in [0.15, 0.2) is 24.3 Å². The Morgan fingerprint density at radius 3 is 2.21 bits per heavy atom. The SMILES string of the molecule is CC(C)(C)C(=O)N1CCN(C(=O)C2CC2c2ccccc2Cl)CC1. The molecule has 2 amide bonds. The van der Waals surface area contributed by atoms with Crippen molar-refractivity contribution in [3.63, 3.8) is 0 Å². The first-order chi connectivity index (χ1) is 11.3. The quantitative estimate of drug-likeness (QED) is 0.823. The molecule has 1 aliphatic carbocycles. The highest BCUT2D eigenvalue weighted by molar-refractivity contribution is 6.31. The van der Waals surface area contributed by atoms with E-state index in [1.807, 2.05) is 54.8 Å². The fraction of sp³-hybridized carbons (Fsp3) is 0.579. The minimum absolute atomic E-state index is 0.0507. The van der Waals surface area contributed by atoms with E-state index < -0.39 is 0 Å². The summed E-state index contributed by atoms with van der Waals surface area (Å²) in [4.78, 5) is 28.8. The molecular weight excluding hydrogens is 324 g/mol. The van der Waals surface area contributed by atoms with Crippen molar-refractivity contribution in [2.45, 2.75) is 33.1 Å². The van der Waals surface area contributed by atoms with Gasteiger partial charge in [-0.1, -0.05) is 50.6 Å². The molecule has 130 valence electrons. The number of carbonyl (C=O) groups excluding carboxylic acids is 2. The molecule has 0 radical (unpaired) electrons. The van der Waals surface area contributed by atoms with Crippen LogP contribution in [0.2, 0.25) is 5.02 Å². The molecule has 24 heavy (non-hydrogen) atoms. The van der Waals surface area contributed by atoms with Gasteiger partial charge in [0.05, 0.1) is 0 Å². The Morgan fingerprint density at radius 2 is 1.62 bits per heavy atom. The molecule has 4 nitrogen and oxygen atoms in total. The van der Waals surface area contributed by atoms with Crippen molar-refractivity contribution in [2.24, 2.45) is 11.3 Å². The summed E-state index contributed by atoms with van der Waals surface area (Å²) in [5.41, 5.74) is 0.719. The minimum atomic E-state index is -0.363. The van der Waals surface area contributed by atoms with Gasteiger partial charge in [0, 0.05) is 42.5 Å². The highest BCUT2D eigenvalue weighted by atomic mass is 35.5. The van der Waals surface area contributed by atoms with Crippen LogP contribution < -0.4 is 0 Å². The van der Waals surface area contributed by atoms with Gasteiger partial charge in [0.1, 0.15) is 0 Å². The molecule has 1 saturated carbocycles. The lowest BCUT2D eigenvalue weighted by Crippen LogP contribution is -2.53. The fourth-order valence-electron chi connectivity index (χ4n) is 3.43. The fourth-order valence-corrected chi connectivity index (χ4v) is 3.70. The van der Waals surface area contributed by atoms with E-state index in [-0.39, 0.29) is 29.1 Å². The molecule has 2 aliphatic rings. The van der Waals surface area contributed by atoms with Crippen molar-refractivity contribution < 1.29 is 9.59 Å². The molecule has 1 saturated heterocycles. The van der Waals surface area contributed by atoms with Crippen LogP contribution >= 0.6 is 11.6 Å². The van der Waals surface area contributed by atoms with Crippen LogP contribution in [-0.4, -0.2) is 47.8 Å². The van der Waals surface area contributed by atoms with Crippen molar-refractivity contribution in [3.05, 3.63) is 34.9 Å². The maximum Gasteiger partial charge on any atom is 0.228 e. The second-order valence-corrected chi connectivity index (χ2v) is 8.24. The number of piperazine rings is 1. The zero-order valence-corrected chi connectivity index (χ0v) is 15.3. The van der Waals surface area contributed by atoms with Crippen LogP contribution in [0.3, 0.4) is 0 Å². The van der Waals surface area contributed by atoms with Gasteiger partial charge in [-0.05, 0) is 24.0 Å². The first-order valence-corrected chi connectivity index (χ1v) is 8.99. The van der Waals surface area contributed by atoms with Gasteiger partial charge in [0.15, 0.2) is 0 Å². The van der Waals surface area contributed by atoms with E-state index in [1.165, 1.54) is 0 Å². The van der Waals surface area contributed by atoms with Crippen LogP contribution in [-0.2, 0) is 9.59 Å². The molecule has 0 bridgehead atoms. The first-order valence-electron chi connectivity index (χ1n) is 8.61. The lowest BCUT2D eigenvalue weighted by atomic mass is 9.94. The van der Waals surface area contributed by atoms with Crippen molar-refractivity contribution in [1.29, 1.82) is 0 Å². The summed E-state index contributed by atoms with van der Waals surface area (Å²) >= 11 is 6.24. The molecule has 3 rings (SSSR count). The minimum Gasteiger partial charge on any atom is -0.339 e. The largest absolute Gasteiger partial charge is 0.339 e. The summed E-state index contributed by atoms with van der Waals surface area (Å²) in [6.45, 7) is 8.33. The molecule has 0 N–H and O–H groups in total. The Labute approximate surface area is 148 Å². The average molecular weight is 349 g/mol. The number of hydrogen-bond donors (Lipinski definition) is 0. The second kappa shape index (κ2) is 6.40. The summed E-state index contributed by atoms with van der Waals surface area (Å²) in [6.07, 6.45) is 0.879. The van der Waals surface area contributed by atoms with Crippen molar-refractivity contribution in [3.8, 4) is 0 Å². The molecule has 0 spiro atoms. The molecule has 5 heteroatoms. The predicted octanol–water partition coefficient (Wildman–Crippen LogP) is 3.16. The van der Waals surface area contributed by atoms with Crippen molar-refractivity contribution in [2.75, 3.05) is 26.2 Å². The maximum absolute atomic E-state index is 12.7. The normalized spacial score (nSPS) is 24.0. The molecule has 0 aromatic heterocycles. The summed E-state index contributed by atoms with van der Waals surface area (Å²) < 4.78 is 0. The lowest BCUT2D eigenvalue weighted by molar-refractivity contribution is -0.145. The van der Waals surface area contributed by atoms with E-state index in [0.29, 0.717) is 26.2 Å². The molecule has 2 unspecified atom stereocenters. The number of nitrogens with zero attached hydrogens (tertiary/aromatic N) is 2. The van der Waals surface area contributed by atoms with E-state index in [1.54, 1.807) is 0 Å². The van der Waals surface area contributed by atoms with Crippen LogP contribution in [0.1, 0.15) is 38.7 Å². The number of hydrogen-bond acceptors (Lipinski definition) is 2. The van der Waals surface area contributed by atoms with Crippen molar-refractivity contribution >= 4 is 23.4 Å². The molecule has 1 heterocycles. The van der Waals surface area contributed by atoms with Gasteiger partial charge in [0.25, 0.3) is 0 Å². The lowest BCUT2D eigenvalue weighted by Gasteiger charge is -2.37. The third kappa shape index (κ3) is 3.44. The van der Waals surface area contributed by atoms with Gasteiger partial charge in [-0.25, -0.2) is 0 Å². The number of carbonyl (C=O) groups is 2. The van der Waals surface area contributed by atoms with Crippen LogP contribution in [0.4, 0.5) is 0 Å². The molecule has 2 atom stereocenters. The van der Waals surface area contributed by atoms with Gasteiger partial charge in [-0.3, -0.25) is 9.59 Å². The summed E-state index contributed by atoms with van der Waals surface area (Å²) in [7, 11) is 0. The Bertz CT molecular complexity index is 645. The molecule has 1 aliphatic heterocycles. The number of halogens is 1. The summed E-state index contributed by atoms with van der Waals surface area (Å²) in [5, 5.41) is 0.749. The third-order valence-electron chi connectivity index (χ3n) is 4.93. The average Bonchev–Trinajstić information content (AvgIpc) is 3.33. The van der Waals surface area contributed by atoms with Gasteiger partial charge in [-0.15, -0.1) is 0 Å². The predicted molar refractivity (Wildman–Crippen MR) is 94.9 cm³/mol. The molecule has 1 aromatic carbocycles. The standard InChI is InChI=1S/C19H25ClN2O2/c1-19(2,3)18(24)22-10-8-21(9-11-22)17(23)15-12-14(15)13-6-4-5-7-16(13)20/h4-7,14-15H,8-12H2,1-3H3. The van der Waals surface area contributed by atoms with Gasteiger partial charge >= 0.3 is 0 Å². The van der Waals surface area contributed by atoms with E-state index >= 15 is 0 Å². The van der Waals surface area contributed by atoms with E-state index in [0.717, 1.165) is 17.0 Å². The Balaban J connectivity index is 1.56. The molecule has 2 fully saturated rings. The van der Waals surface area contributed by atoms with Crippen LogP contribution in [0.25, 0.3) is 0 Å². The first kappa shape index (κ1) is 17.3. The van der Waals surface area contributed by atoms with Gasteiger partial charge in [0.2, 0.25) is 11.8 Å².